The van der Waals surface area contributed by atoms with Crippen molar-refractivity contribution in [2.75, 3.05) is 90.1 Å². The number of hydrogen-bond acceptors (Lipinski definition) is 7. The number of anilines is 1. The molecular formula is C20H36N8O. The number of ether oxygens (including phenoxy) is 1. The Morgan fingerprint density at radius 2 is 1.72 bits per heavy atom. The molecule has 0 saturated carbocycles. The number of guanidine groups is 1. The monoisotopic (exact) mass is 404 g/mol. The van der Waals surface area contributed by atoms with E-state index >= 15 is 0 Å². The lowest BCUT2D eigenvalue weighted by Crippen LogP contribution is -2.47. The van der Waals surface area contributed by atoms with Crippen LogP contribution in [0.2, 0.25) is 0 Å². The summed E-state index contributed by atoms with van der Waals surface area (Å²) in [7, 11) is 0. The lowest BCUT2D eigenvalue weighted by atomic mass is 10.3. The number of aromatic nitrogens is 2. The highest BCUT2D eigenvalue weighted by Crippen LogP contribution is 2.09. The van der Waals surface area contributed by atoms with Gasteiger partial charge in [0.1, 0.15) is 0 Å². The molecule has 9 heteroatoms. The van der Waals surface area contributed by atoms with Gasteiger partial charge in [0.2, 0.25) is 5.95 Å². The number of hydrogen-bond donors (Lipinski definition) is 2. The second-order valence-corrected chi connectivity index (χ2v) is 7.37. The summed E-state index contributed by atoms with van der Waals surface area (Å²) in [5, 5.41) is 6.80. The van der Waals surface area contributed by atoms with Gasteiger partial charge >= 0.3 is 0 Å². The molecule has 2 saturated heterocycles. The first kappa shape index (κ1) is 21.7. The maximum absolute atomic E-state index is 5.40. The molecule has 0 radical (unpaired) electrons. The van der Waals surface area contributed by atoms with Crippen LogP contribution in [0, 0.1) is 0 Å². The number of morpholine rings is 1. The Morgan fingerprint density at radius 1 is 1.00 bits per heavy atom. The molecule has 3 rings (SSSR count). The van der Waals surface area contributed by atoms with Gasteiger partial charge in [0.05, 0.1) is 13.2 Å². The van der Waals surface area contributed by atoms with Crippen molar-refractivity contribution in [2.24, 2.45) is 4.99 Å². The predicted octanol–water partition coefficient (Wildman–Crippen LogP) is -0.124. The van der Waals surface area contributed by atoms with E-state index in [0.717, 1.165) is 104 Å². The minimum Gasteiger partial charge on any atom is -0.379 e. The van der Waals surface area contributed by atoms with Crippen molar-refractivity contribution >= 4 is 11.9 Å². The molecule has 2 aliphatic rings. The van der Waals surface area contributed by atoms with E-state index in [1.807, 2.05) is 18.5 Å². The molecule has 2 N–H and O–H groups in total. The number of rotatable bonds is 9. The molecule has 0 spiro atoms. The van der Waals surface area contributed by atoms with Gasteiger partial charge < -0.3 is 20.3 Å². The van der Waals surface area contributed by atoms with E-state index in [1.54, 1.807) is 0 Å². The summed E-state index contributed by atoms with van der Waals surface area (Å²) in [4.78, 5) is 20.6. The fraction of sp³-hybridized carbons (Fsp3) is 0.750. The van der Waals surface area contributed by atoms with Crippen LogP contribution in [0.3, 0.4) is 0 Å². The topological polar surface area (TPSA) is 81.2 Å². The number of nitrogens with zero attached hydrogens (tertiary/aromatic N) is 6. The van der Waals surface area contributed by atoms with Gasteiger partial charge in [-0.1, -0.05) is 0 Å². The minimum absolute atomic E-state index is 0.842. The van der Waals surface area contributed by atoms with E-state index in [4.69, 9.17) is 9.73 Å². The molecule has 2 aliphatic heterocycles. The van der Waals surface area contributed by atoms with Crippen LogP contribution in [-0.2, 0) is 4.74 Å². The smallest absolute Gasteiger partial charge is 0.225 e. The Balaban J connectivity index is 1.30. The van der Waals surface area contributed by atoms with Crippen molar-refractivity contribution in [3.8, 4) is 0 Å². The van der Waals surface area contributed by atoms with E-state index in [2.05, 4.69) is 42.2 Å². The van der Waals surface area contributed by atoms with Gasteiger partial charge in [0, 0.05) is 84.4 Å². The SMILES string of the molecule is CCNC(=NCCCN1CCN(c2ncccn2)CC1)NCCN1CCOCC1. The molecular weight excluding hydrogens is 368 g/mol. The van der Waals surface area contributed by atoms with E-state index < -0.39 is 0 Å². The van der Waals surface area contributed by atoms with E-state index in [9.17, 15) is 0 Å². The van der Waals surface area contributed by atoms with E-state index in [1.165, 1.54) is 0 Å². The first-order chi connectivity index (χ1) is 14.3. The first-order valence-electron chi connectivity index (χ1n) is 10.9. The summed E-state index contributed by atoms with van der Waals surface area (Å²) in [5.41, 5.74) is 0. The Kier molecular flexibility index (Phi) is 9.41. The largest absolute Gasteiger partial charge is 0.379 e. The van der Waals surface area contributed by atoms with Gasteiger partial charge in [-0.2, -0.15) is 0 Å². The zero-order valence-corrected chi connectivity index (χ0v) is 17.7. The molecule has 162 valence electrons. The summed E-state index contributed by atoms with van der Waals surface area (Å²) in [6.07, 6.45) is 4.69. The van der Waals surface area contributed by atoms with Crippen LogP contribution in [0.5, 0.6) is 0 Å². The van der Waals surface area contributed by atoms with E-state index in [-0.39, 0.29) is 0 Å². The van der Waals surface area contributed by atoms with Crippen LogP contribution in [0.15, 0.2) is 23.5 Å². The highest BCUT2D eigenvalue weighted by molar-refractivity contribution is 5.79. The average molecular weight is 405 g/mol. The quantitative estimate of drug-likeness (QED) is 0.335. The second kappa shape index (κ2) is 12.6. The summed E-state index contributed by atoms with van der Waals surface area (Å²) in [6.45, 7) is 14.7. The Hall–Kier alpha value is -1.97. The molecule has 0 aliphatic carbocycles. The molecule has 0 aromatic carbocycles. The highest BCUT2D eigenvalue weighted by Gasteiger charge is 2.18. The summed E-state index contributed by atoms with van der Waals surface area (Å²) < 4.78 is 5.40. The van der Waals surface area contributed by atoms with Crippen molar-refractivity contribution in [3.63, 3.8) is 0 Å². The van der Waals surface area contributed by atoms with Crippen LogP contribution in [-0.4, -0.2) is 111 Å². The third kappa shape index (κ3) is 7.75. The molecule has 29 heavy (non-hydrogen) atoms. The Bertz CT molecular complexity index is 585. The third-order valence-electron chi connectivity index (χ3n) is 5.28. The second-order valence-electron chi connectivity index (χ2n) is 7.37. The van der Waals surface area contributed by atoms with Gasteiger partial charge in [-0.25, -0.2) is 9.97 Å². The normalized spacial score (nSPS) is 19.3. The van der Waals surface area contributed by atoms with Gasteiger partial charge in [-0.3, -0.25) is 14.8 Å². The molecule has 1 aromatic heterocycles. The highest BCUT2D eigenvalue weighted by atomic mass is 16.5. The van der Waals surface area contributed by atoms with Crippen molar-refractivity contribution in [2.45, 2.75) is 13.3 Å². The fourth-order valence-corrected chi connectivity index (χ4v) is 3.61. The van der Waals surface area contributed by atoms with Crippen LogP contribution in [0.4, 0.5) is 5.95 Å². The van der Waals surface area contributed by atoms with Crippen LogP contribution < -0.4 is 15.5 Å². The fourth-order valence-electron chi connectivity index (χ4n) is 3.61. The molecule has 0 amide bonds. The van der Waals surface area contributed by atoms with Crippen molar-refractivity contribution in [3.05, 3.63) is 18.5 Å². The van der Waals surface area contributed by atoms with Gasteiger partial charge in [0.25, 0.3) is 0 Å². The summed E-state index contributed by atoms with van der Waals surface area (Å²) in [5.74, 6) is 1.77. The number of aliphatic imine (C=N–C) groups is 1. The van der Waals surface area contributed by atoms with Gasteiger partial charge in [0.15, 0.2) is 5.96 Å². The zero-order chi connectivity index (χ0) is 20.2. The number of nitrogens with one attached hydrogen (secondary N) is 2. The van der Waals surface area contributed by atoms with Crippen molar-refractivity contribution in [1.29, 1.82) is 0 Å². The van der Waals surface area contributed by atoms with Gasteiger partial charge in [-0.15, -0.1) is 0 Å². The average Bonchev–Trinajstić information content (AvgIpc) is 2.78. The standard InChI is InChI=1S/C20H36N8O/c1-2-21-19(23-8-10-27-15-17-29-18-16-27)22-7-4-9-26-11-13-28(14-12-26)20-24-5-3-6-25-20/h3,5-6H,2,4,7-18H2,1H3,(H2,21,22,23). The Morgan fingerprint density at radius 3 is 2.45 bits per heavy atom. The molecule has 9 nitrogen and oxygen atoms in total. The molecule has 2 fully saturated rings. The van der Waals surface area contributed by atoms with E-state index in [0.29, 0.717) is 0 Å². The molecule has 0 unspecified atom stereocenters. The molecule has 0 bridgehead atoms. The van der Waals surface area contributed by atoms with Crippen molar-refractivity contribution < 1.29 is 4.74 Å². The van der Waals surface area contributed by atoms with Gasteiger partial charge in [-0.05, 0) is 19.4 Å². The lowest BCUT2D eigenvalue weighted by Gasteiger charge is -2.34. The minimum atomic E-state index is 0.842. The Labute approximate surface area is 174 Å². The first-order valence-corrected chi connectivity index (χ1v) is 10.9. The lowest BCUT2D eigenvalue weighted by molar-refractivity contribution is 0.0389. The maximum atomic E-state index is 5.40. The molecule has 1 aromatic rings. The van der Waals surface area contributed by atoms with Crippen LogP contribution >= 0.6 is 0 Å². The third-order valence-corrected chi connectivity index (χ3v) is 5.28. The van der Waals surface area contributed by atoms with Crippen molar-refractivity contribution in [1.82, 2.24) is 30.4 Å². The zero-order valence-electron chi connectivity index (χ0n) is 17.7. The molecule has 0 atom stereocenters. The van der Waals surface area contributed by atoms with Crippen LogP contribution in [0.1, 0.15) is 13.3 Å². The predicted molar refractivity (Wildman–Crippen MR) is 117 cm³/mol. The summed E-state index contributed by atoms with van der Waals surface area (Å²) in [6, 6.07) is 1.86. The maximum Gasteiger partial charge on any atom is 0.225 e. The number of piperazine rings is 1. The van der Waals surface area contributed by atoms with Crippen LogP contribution in [0.25, 0.3) is 0 Å². The summed E-state index contributed by atoms with van der Waals surface area (Å²) >= 11 is 0. The molecule has 3 heterocycles.